The Kier molecular flexibility index (Phi) is 3.10. The molecule has 1 heterocycles. The van der Waals surface area contributed by atoms with E-state index in [0.29, 0.717) is 5.75 Å². The Labute approximate surface area is 100 Å². The van der Waals surface area contributed by atoms with Crippen LogP contribution in [0, 0.1) is 0 Å². The monoisotopic (exact) mass is 258 g/mol. The molecule has 1 aliphatic carbocycles. The lowest BCUT2D eigenvalue weighted by atomic mass is 10.4. The maximum absolute atomic E-state index is 11.2. The zero-order valence-corrected chi connectivity index (χ0v) is 10.5. The molecule has 17 heavy (non-hydrogen) atoms. The van der Waals surface area contributed by atoms with Gasteiger partial charge in [-0.3, -0.25) is 4.72 Å². The van der Waals surface area contributed by atoms with Gasteiger partial charge in [-0.1, -0.05) is 0 Å². The van der Waals surface area contributed by atoms with E-state index in [2.05, 4.69) is 9.71 Å². The number of pyridine rings is 1. The number of hydrogen-bond acceptors (Lipinski definition) is 5. The first kappa shape index (κ1) is 12.0. The molecule has 0 aromatic carbocycles. The number of hydrogen-bond donors (Lipinski definition) is 1. The highest BCUT2D eigenvalue weighted by atomic mass is 32.2. The van der Waals surface area contributed by atoms with E-state index in [-0.39, 0.29) is 17.7 Å². The third kappa shape index (κ3) is 3.48. The Balaban J connectivity index is 2.24. The van der Waals surface area contributed by atoms with Gasteiger partial charge in [0.05, 0.1) is 25.7 Å². The molecule has 0 radical (unpaired) electrons. The van der Waals surface area contributed by atoms with Crippen molar-refractivity contribution in [2.24, 2.45) is 0 Å². The molecule has 0 atom stereocenters. The van der Waals surface area contributed by atoms with Crippen molar-refractivity contribution in [2.75, 3.05) is 18.1 Å². The number of aromatic nitrogens is 1. The van der Waals surface area contributed by atoms with Crippen molar-refractivity contribution in [3.63, 3.8) is 0 Å². The summed E-state index contributed by atoms with van der Waals surface area (Å²) in [6.07, 6.45) is 4.88. The number of nitrogens with one attached hydrogen (secondary N) is 1. The lowest BCUT2D eigenvalue weighted by Gasteiger charge is -2.11. The number of nitrogens with zero attached hydrogens (tertiary/aromatic N) is 1. The highest BCUT2D eigenvalue weighted by Gasteiger charge is 2.24. The van der Waals surface area contributed by atoms with Crippen molar-refractivity contribution in [3.8, 4) is 11.6 Å². The Bertz CT molecular complexity index is 511. The zero-order valence-electron chi connectivity index (χ0n) is 9.63. The minimum Gasteiger partial charge on any atom is -0.489 e. The molecule has 0 saturated heterocycles. The lowest BCUT2D eigenvalue weighted by Crippen LogP contribution is -2.11. The summed E-state index contributed by atoms with van der Waals surface area (Å²) in [5.41, 5.74) is 0.285. The number of sulfonamides is 1. The molecule has 0 unspecified atom stereocenters. The van der Waals surface area contributed by atoms with Crippen molar-refractivity contribution in [1.29, 1.82) is 0 Å². The molecule has 1 aromatic rings. The Hall–Kier alpha value is -1.50. The molecule has 1 fully saturated rings. The molecule has 0 bridgehead atoms. The summed E-state index contributed by atoms with van der Waals surface area (Å²) in [6, 6.07) is 1.57. The summed E-state index contributed by atoms with van der Waals surface area (Å²) in [6.45, 7) is 0. The van der Waals surface area contributed by atoms with E-state index in [0.717, 1.165) is 19.1 Å². The third-order valence-electron chi connectivity index (χ3n) is 2.14. The first-order valence-electron chi connectivity index (χ1n) is 5.16. The van der Waals surface area contributed by atoms with Crippen molar-refractivity contribution in [3.05, 3.63) is 12.3 Å². The standard InChI is InChI=1S/C10H14N2O4S/c1-15-10-9(12-17(2,13)14)5-8(6-11-10)16-7-3-4-7/h5-7,12H,3-4H2,1-2H3. The number of ether oxygens (including phenoxy) is 2. The van der Waals surface area contributed by atoms with Gasteiger partial charge in [0.15, 0.2) is 0 Å². The van der Waals surface area contributed by atoms with Crippen molar-refractivity contribution in [2.45, 2.75) is 18.9 Å². The second-order valence-corrected chi connectivity index (χ2v) is 5.67. The predicted octanol–water partition coefficient (Wildman–Crippen LogP) is 1.00. The average molecular weight is 258 g/mol. The van der Waals surface area contributed by atoms with E-state index >= 15 is 0 Å². The first-order chi connectivity index (χ1) is 7.98. The Morgan fingerprint density at radius 1 is 1.47 bits per heavy atom. The zero-order chi connectivity index (χ0) is 12.5. The van der Waals surface area contributed by atoms with Gasteiger partial charge in [0.25, 0.3) is 0 Å². The summed E-state index contributed by atoms with van der Waals surface area (Å²) >= 11 is 0. The van der Waals surface area contributed by atoms with Gasteiger partial charge in [-0.15, -0.1) is 0 Å². The molecule has 6 nitrogen and oxygen atoms in total. The van der Waals surface area contributed by atoms with E-state index in [4.69, 9.17) is 9.47 Å². The van der Waals surface area contributed by atoms with Gasteiger partial charge >= 0.3 is 0 Å². The molecular weight excluding hydrogens is 244 g/mol. The summed E-state index contributed by atoms with van der Waals surface area (Å²) in [7, 11) is -1.94. The highest BCUT2D eigenvalue weighted by molar-refractivity contribution is 7.92. The van der Waals surface area contributed by atoms with Crippen LogP contribution in [0.5, 0.6) is 11.6 Å². The molecule has 7 heteroatoms. The molecule has 0 amide bonds. The van der Waals surface area contributed by atoms with E-state index in [9.17, 15) is 8.42 Å². The first-order valence-corrected chi connectivity index (χ1v) is 7.05. The normalized spacial score (nSPS) is 15.4. The summed E-state index contributed by atoms with van der Waals surface area (Å²) < 4.78 is 35.2. The predicted molar refractivity (Wildman–Crippen MR) is 62.9 cm³/mol. The quantitative estimate of drug-likeness (QED) is 0.852. The van der Waals surface area contributed by atoms with Crippen LogP contribution in [0.3, 0.4) is 0 Å². The van der Waals surface area contributed by atoms with Gasteiger partial charge in [-0.25, -0.2) is 13.4 Å². The molecule has 1 saturated carbocycles. The van der Waals surface area contributed by atoms with Crippen LogP contribution < -0.4 is 14.2 Å². The smallest absolute Gasteiger partial charge is 0.238 e. The van der Waals surface area contributed by atoms with E-state index in [1.54, 1.807) is 6.07 Å². The SMILES string of the molecule is COc1ncc(OC2CC2)cc1NS(C)(=O)=O. The molecule has 2 rings (SSSR count). The van der Waals surface area contributed by atoms with Crippen molar-refractivity contribution in [1.82, 2.24) is 4.98 Å². The Morgan fingerprint density at radius 2 is 2.18 bits per heavy atom. The fourth-order valence-electron chi connectivity index (χ4n) is 1.31. The van der Waals surface area contributed by atoms with Crippen LogP contribution >= 0.6 is 0 Å². The molecule has 0 aliphatic heterocycles. The average Bonchev–Trinajstić information content (AvgIpc) is 3.00. The van der Waals surface area contributed by atoms with Gasteiger partial charge in [-0.05, 0) is 12.8 Å². The number of rotatable bonds is 5. The minimum absolute atomic E-state index is 0.221. The second kappa shape index (κ2) is 4.40. The van der Waals surface area contributed by atoms with Crippen LogP contribution in [0.1, 0.15) is 12.8 Å². The fourth-order valence-corrected chi connectivity index (χ4v) is 1.86. The van der Waals surface area contributed by atoms with Crippen molar-refractivity contribution >= 4 is 15.7 Å². The largest absolute Gasteiger partial charge is 0.489 e. The lowest BCUT2D eigenvalue weighted by molar-refractivity contribution is 0.300. The number of methoxy groups -OCH3 is 1. The fraction of sp³-hybridized carbons (Fsp3) is 0.500. The van der Waals surface area contributed by atoms with Gasteiger partial charge in [-0.2, -0.15) is 0 Å². The van der Waals surface area contributed by atoms with Gasteiger partial charge < -0.3 is 9.47 Å². The maximum atomic E-state index is 11.2. The number of anilines is 1. The third-order valence-corrected chi connectivity index (χ3v) is 2.73. The molecular formula is C10H14N2O4S. The van der Waals surface area contributed by atoms with Crippen molar-refractivity contribution < 1.29 is 17.9 Å². The molecule has 1 aromatic heterocycles. The molecule has 1 N–H and O–H groups in total. The topological polar surface area (TPSA) is 77.5 Å². The van der Waals surface area contributed by atoms with Crippen LogP contribution in [0.4, 0.5) is 5.69 Å². The van der Waals surface area contributed by atoms with E-state index in [1.807, 2.05) is 0 Å². The van der Waals surface area contributed by atoms with Crippen LogP contribution in [-0.2, 0) is 10.0 Å². The highest BCUT2D eigenvalue weighted by Crippen LogP contribution is 2.31. The molecule has 94 valence electrons. The molecule has 1 aliphatic rings. The van der Waals surface area contributed by atoms with Gasteiger partial charge in [0.1, 0.15) is 11.4 Å². The van der Waals surface area contributed by atoms with Crippen LogP contribution in [-0.4, -0.2) is 32.9 Å². The molecule has 0 spiro atoms. The van der Waals surface area contributed by atoms with Gasteiger partial charge in [0.2, 0.25) is 15.9 Å². The maximum Gasteiger partial charge on any atom is 0.238 e. The van der Waals surface area contributed by atoms with Gasteiger partial charge in [0, 0.05) is 6.07 Å². The minimum atomic E-state index is -3.36. The summed E-state index contributed by atoms with van der Waals surface area (Å²) in [4.78, 5) is 3.99. The van der Waals surface area contributed by atoms with E-state index in [1.165, 1.54) is 13.3 Å². The Morgan fingerprint density at radius 3 is 2.71 bits per heavy atom. The van der Waals surface area contributed by atoms with Crippen LogP contribution in [0.2, 0.25) is 0 Å². The summed E-state index contributed by atoms with van der Waals surface area (Å²) in [5, 5.41) is 0. The van der Waals surface area contributed by atoms with Crippen LogP contribution in [0.15, 0.2) is 12.3 Å². The van der Waals surface area contributed by atoms with Crippen LogP contribution in [0.25, 0.3) is 0 Å². The van der Waals surface area contributed by atoms with E-state index < -0.39 is 10.0 Å². The summed E-state index contributed by atoms with van der Waals surface area (Å²) in [5.74, 6) is 0.762. The second-order valence-electron chi connectivity index (χ2n) is 3.92.